The molecule has 31 heavy (non-hydrogen) atoms. The van der Waals surface area contributed by atoms with Crippen LogP contribution in [0.3, 0.4) is 0 Å². The summed E-state index contributed by atoms with van der Waals surface area (Å²) in [6, 6.07) is 1.68. The first-order valence-electron chi connectivity index (χ1n) is 9.59. The first-order valence-corrected chi connectivity index (χ1v) is 9.59. The van der Waals surface area contributed by atoms with E-state index in [1.54, 1.807) is 17.1 Å². The van der Waals surface area contributed by atoms with E-state index in [2.05, 4.69) is 46.6 Å². The van der Waals surface area contributed by atoms with Crippen LogP contribution >= 0.6 is 0 Å². The van der Waals surface area contributed by atoms with Gasteiger partial charge < -0.3 is 24.8 Å². The first kappa shape index (κ1) is 20.4. The largest absolute Gasteiger partial charge is 0.378 e. The average molecular weight is 425 g/mol. The molecule has 4 heterocycles. The maximum absolute atomic E-state index is 13.1. The molecule has 12 nitrogen and oxygen atoms in total. The number of nitrogens with zero attached hydrogens (tertiary/aromatic N) is 9. The van der Waals surface area contributed by atoms with Gasteiger partial charge in [0, 0.05) is 19.3 Å². The molecule has 160 valence electrons. The number of hydrogen-bond acceptors (Lipinski definition) is 11. The summed E-state index contributed by atoms with van der Waals surface area (Å²) in [5, 5.41) is 15.0. The number of imidazole rings is 1. The number of nitriles is 1. The van der Waals surface area contributed by atoms with Crippen LogP contribution in [0.15, 0.2) is 24.9 Å². The Labute approximate surface area is 177 Å². The molecule has 0 bridgehead atoms. The molecule has 0 radical (unpaired) electrons. The van der Waals surface area contributed by atoms with Crippen molar-refractivity contribution in [2.45, 2.75) is 19.5 Å². The Morgan fingerprint density at radius 1 is 1.16 bits per heavy atom. The van der Waals surface area contributed by atoms with Gasteiger partial charge in [-0.25, -0.2) is 19.3 Å². The third-order valence-corrected chi connectivity index (χ3v) is 4.42. The number of rotatable bonds is 7. The summed E-state index contributed by atoms with van der Waals surface area (Å²) in [5.41, 5.74) is 0. The zero-order chi connectivity index (χ0) is 21.6. The van der Waals surface area contributed by atoms with E-state index in [0.717, 1.165) is 12.4 Å². The van der Waals surface area contributed by atoms with Crippen molar-refractivity contribution in [1.29, 1.82) is 5.26 Å². The minimum absolute atomic E-state index is 0.187. The van der Waals surface area contributed by atoms with Crippen LogP contribution < -0.4 is 15.5 Å². The lowest BCUT2D eigenvalue weighted by atomic mass is 10.3. The molecule has 0 unspecified atom stereocenters. The second-order valence-electron chi connectivity index (χ2n) is 6.72. The Hall–Kier alpha value is -3.92. The highest BCUT2D eigenvalue weighted by Gasteiger charge is 2.19. The molecule has 1 aliphatic rings. The van der Waals surface area contributed by atoms with E-state index in [1.165, 1.54) is 0 Å². The Balaban J connectivity index is 1.59. The molecule has 0 saturated carbocycles. The van der Waals surface area contributed by atoms with Gasteiger partial charge in [0.2, 0.25) is 17.8 Å². The van der Waals surface area contributed by atoms with Gasteiger partial charge in [0.1, 0.15) is 12.4 Å². The Morgan fingerprint density at radius 2 is 1.90 bits per heavy atom. The third-order valence-electron chi connectivity index (χ3n) is 4.42. The van der Waals surface area contributed by atoms with Gasteiger partial charge in [-0.1, -0.05) is 0 Å². The van der Waals surface area contributed by atoms with Crippen molar-refractivity contribution in [3.8, 4) is 6.07 Å². The molecule has 2 N–H and O–H groups in total. The molecular weight excluding hydrogens is 405 g/mol. The van der Waals surface area contributed by atoms with Crippen molar-refractivity contribution < 1.29 is 9.13 Å². The molecule has 0 aromatic carbocycles. The average Bonchev–Trinajstić information content (AvgIpc) is 3.21. The van der Waals surface area contributed by atoms with Crippen LogP contribution in [0.25, 0.3) is 0 Å². The molecule has 1 aliphatic heterocycles. The number of morpholine rings is 1. The van der Waals surface area contributed by atoms with Gasteiger partial charge in [-0.3, -0.25) is 0 Å². The van der Waals surface area contributed by atoms with Crippen molar-refractivity contribution in [3.05, 3.63) is 36.6 Å². The fourth-order valence-electron chi connectivity index (χ4n) is 2.90. The van der Waals surface area contributed by atoms with E-state index < -0.39 is 5.82 Å². The lowest BCUT2D eigenvalue weighted by molar-refractivity contribution is 0.122. The van der Waals surface area contributed by atoms with Crippen LogP contribution in [-0.4, -0.2) is 60.8 Å². The van der Waals surface area contributed by atoms with E-state index in [4.69, 9.17) is 10.00 Å². The van der Waals surface area contributed by atoms with E-state index >= 15 is 0 Å². The highest BCUT2D eigenvalue weighted by atomic mass is 19.1. The number of ether oxygens (including phenoxy) is 1. The van der Waals surface area contributed by atoms with Gasteiger partial charge in [-0.2, -0.15) is 20.2 Å². The van der Waals surface area contributed by atoms with Crippen molar-refractivity contribution in [3.63, 3.8) is 0 Å². The molecular formula is C18H20FN11O. The summed E-state index contributed by atoms with van der Waals surface area (Å²) >= 11 is 0. The number of hydrogen-bond donors (Lipinski definition) is 2. The summed E-state index contributed by atoms with van der Waals surface area (Å²) in [4.78, 5) is 27.6. The van der Waals surface area contributed by atoms with E-state index in [1.807, 2.05) is 11.8 Å². The maximum Gasteiger partial charge on any atom is 0.235 e. The Kier molecular flexibility index (Phi) is 6.08. The summed E-state index contributed by atoms with van der Waals surface area (Å²) in [6.07, 6.45) is 5.45. The summed E-state index contributed by atoms with van der Waals surface area (Å²) in [7, 11) is 0. The summed E-state index contributed by atoms with van der Waals surface area (Å²) < 4.78 is 20.2. The molecule has 0 amide bonds. The van der Waals surface area contributed by atoms with Crippen molar-refractivity contribution >= 4 is 23.7 Å². The van der Waals surface area contributed by atoms with Gasteiger partial charge in [-0.05, 0) is 6.92 Å². The lowest BCUT2D eigenvalue weighted by Crippen LogP contribution is -2.37. The number of nitrogens with one attached hydrogen (secondary N) is 2. The van der Waals surface area contributed by atoms with E-state index in [0.29, 0.717) is 49.8 Å². The predicted octanol–water partition coefficient (Wildman–Crippen LogP) is 1.27. The molecule has 3 aromatic heterocycles. The quantitative estimate of drug-likeness (QED) is 0.565. The van der Waals surface area contributed by atoms with Crippen molar-refractivity contribution in [2.24, 2.45) is 0 Å². The summed E-state index contributed by atoms with van der Waals surface area (Å²) in [6.45, 7) is 4.47. The highest BCUT2D eigenvalue weighted by Crippen LogP contribution is 2.20. The number of halogens is 1. The minimum Gasteiger partial charge on any atom is -0.378 e. The van der Waals surface area contributed by atoms with Crippen LogP contribution in [0, 0.1) is 17.1 Å². The smallest absolute Gasteiger partial charge is 0.235 e. The topological polar surface area (TPSA) is 143 Å². The molecule has 1 saturated heterocycles. The monoisotopic (exact) mass is 425 g/mol. The van der Waals surface area contributed by atoms with E-state index in [-0.39, 0.29) is 18.5 Å². The van der Waals surface area contributed by atoms with Crippen LogP contribution in [0.1, 0.15) is 18.8 Å². The fraction of sp³-hybridized carbons (Fsp3) is 0.389. The van der Waals surface area contributed by atoms with Crippen molar-refractivity contribution in [2.75, 3.05) is 41.8 Å². The van der Waals surface area contributed by atoms with Crippen LogP contribution in [0.2, 0.25) is 0 Å². The normalized spacial score (nSPS) is 14.7. The second kappa shape index (κ2) is 9.26. The third kappa shape index (κ3) is 5.17. The summed E-state index contributed by atoms with van der Waals surface area (Å²) in [5.74, 6) is 1.46. The molecule has 1 atom stereocenters. The molecule has 13 heteroatoms. The Bertz CT molecular complexity index is 1060. The second-order valence-corrected chi connectivity index (χ2v) is 6.72. The van der Waals surface area contributed by atoms with Gasteiger partial charge in [0.25, 0.3) is 0 Å². The standard InChI is InChI=1S/C18H20FN11O/c1-12(15-21-8-13(19)9-22-15)24-16-26-17(25-14-10-29(3-2-20)11-23-14)28-18(27-16)30-4-6-31-7-5-30/h8-12H,3-7H2,1H3,(H2,24,25,26,27,28)/t12-/m0/s1. The van der Waals surface area contributed by atoms with Gasteiger partial charge in [0.05, 0.1) is 44.0 Å². The SMILES string of the molecule is C[C@H](Nc1nc(Nc2cn(CC#N)cn2)nc(N2CCOCC2)n1)c1ncc(F)cn1. The number of anilines is 4. The molecule has 1 fully saturated rings. The van der Waals surface area contributed by atoms with Gasteiger partial charge >= 0.3 is 0 Å². The van der Waals surface area contributed by atoms with Crippen LogP contribution in [0.5, 0.6) is 0 Å². The highest BCUT2D eigenvalue weighted by molar-refractivity contribution is 5.52. The van der Waals surface area contributed by atoms with Crippen LogP contribution in [-0.2, 0) is 11.3 Å². The van der Waals surface area contributed by atoms with Crippen LogP contribution in [0.4, 0.5) is 28.1 Å². The lowest BCUT2D eigenvalue weighted by Gasteiger charge is -2.27. The zero-order valence-corrected chi connectivity index (χ0v) is 16.7. The molecule has 0 spiro atoms. The maximum atomic E-state index is 13.1. The molecule has 0 aliphatic carbocycles. The fourth-order valence-corrected chi connectivity index (χ4v) is 2.90. The minimum atomic E-state index is -0.506. The van der Waals surface area contributed by atoms with Gasteiger partial charge in [-0.15, -0.1) is 0 Å². The predicted molar refractivity (Wildman–Crippen MR) is 108 cm³/mol. The molecule has 3 aromatic rings. The van der Waals surface area contributed by atoms with Gasteiger partial charge in [0.15, 0.2) is 11.6 Å². The van der Waals surface area contributed by atoms with E-state index in [9.17, 15) is 4.39 Å². The zero-order valence-electron chi connectivity index (χ0n) is 16.7. The Morgan fingerprint density at radius 3 is 2.65 bits per heavy atom. The first-order chi connectivity index (χ1) is 15.1. The van der Waals surface area contributed by atoms with Crippen molar-refractivity contribution in [1.82, 2.24) is 34.5 Å². The number of aromatic nitrogens is 7. The molecule has 4 rings (SSSR count).